The summed E-state index contributed by atoms with van der Waals surface area (Å²) in [7, 11) is 3.55. The lowest BCUT2D eigenvalue weighted by molar-refractivity contribution is 0.0820. The van der Waals surface area contributed by atoms with E-state index in [2.05, 4.69) is 20.3 Å². The van der Waals surface area contributed by atoms with Crippen LogP contribution in [-0.2, 0) is 6.42 Å². The molecular formula is C18H27N5O2. The topological polar surface area (TPSA) is 78.3 Å². The molecule has 3 heterocycles. The van der Waals surface area contributed by atoms with Gasteiger partial charge in [-0.1, -0.05) is 11.6 Å². The summed E-state index contributed by atoms with van der Waals surface area (Å²) in [5, 5.41) is 11.3. The molecule has 3 rings (SSSR count). The van der Waals surface area contributed by atoms with E-state index in [1.165, 1.54) is 18.4 Å². The first kappa shape index (κ1) is 17.7. The van der Waals surface area contributed by atoms with E-state index in [1.54, 1.807) is 25.2 Å². The predicted octanol–water partition coefficient (Wildman–Crippen LogP) is 2.49. The van der Waals surface area contributed by atoms with Crippen molar-refractivity contribution >= 4 is 5.91 Å². The van der Waals surface area contributed by atoms with Crippen LogP contribution in [0.1, 0.15) is 58.4 Å². The van der Waals surface area contributed by atoms with E-state index in [0.717, 1.165) is 43.1 Å². The molecule has 1 fully saturated rings. The highest BCUT2D eigenvalue weighted by molar-refractivity contribution is 5.94. The molecule has 0 radical (unpaired) electrons. The standard InChI is InChI=1S/C18H27N5O2/c1-12-14(13(2)25-21-12)8-10-23-9-6-5-7-16(23)17-15(11-19-20-17)18(24)22(3)4/h11,16H,5-10H2,1-4H3,(H,19,20). The second kappa shape index (κ2) is 7.39. The minimum absolute atomic E-state index is 0.00000283. The Morgan fingerprint density at radius 3 is 2.88 bits per heavy atom. The summed E-state index contributed by atoms with van der Waals surface area (Å²) >= 11 is 0. The Bertz CT molecular complexity index is 714. The fourth-order valence-corrected chi connectivity index (χ4v) is 3.66. The lowest BCUT2D eigenvalue weighted by atomic mass is 9.96. The van der Waals surface area contributed by atoms with E-state index >= 15 is 0 Å². The summed E-state index contributed by atoms with van der Waals surface area (Å²) in [4.78, 5) is 16.5. The number of hydrogen-bond acceptors (Lipinski definition) is 5. The Hall–Kier alpha value is -2.15. The minimum atomic E-state index is -0.00000283. The quantitative estimate of drug-likeness (QED) is 0.901. The number of H-pyrrole nitrogens is 1. The molecule has 1 amide bonds. The van der Waals surface area contributed by atoms with Gasteiger partial charge < -0.3 is 9.42 Å². The highest BCUT2D eigenvalue weighted by Gasteiger charge is 2.29. The highest BCUT2D eigenvalue weighted by atomic mass is 16.5. The predicted molar refractivity (Wildman–Crippen MR) is 94.5 cm³/mol. The van der Waals surface area contributed by atoms with Crippen molar-refractivity contribution < 1.29 is 9.32 Å². The summed E-state index contributed by atoms with van der Waals surface area (Å²) in [5.74, 6) is 0.899. The molecule has 0 aromatic carbocycles. The largest absolute Gasteiger partial charge is 0.361 e. The van der Waals surface area contributed by atoms with Crippen molar-refractivity contribution in [3.8, 4) is 0 Å². The normalized spacial score (nSPS) is 18.5. The second-order valence-electron chi connectivity index (χ2n) is 7.00. The van der Waals surface area contributed by atoms with Crippen LogP contribution in [0, 0.1) is 13.8 Å². The molecule has 0 bridgehead atoms. The summed E-state index contributed by atoms with van der Waals surface area (Å²) in [6, 6.07) is 0.204. The van der Waals surface area contributed by atoms with Crippen LogP contribution < -0.4 is 0 Å². The number of carbonyl (C=O) groups excluding carboxylic acids is 1. The molecule has 136 valence electrons. The first-order chi connectivity index (χ1) is 12.0. The van der Waals surface area contributed by atoms with Crippen LogP contribution >= 0.6 is 0 Å². The third-order valence-electron chi connectivity index (χ3n) is 5.08. The van der Waals surface area contributed by atoms with E-state index < -0.39 is 0 Å². The van der Waals surface area contributed by atoms with Gasteiger partial charge in [0.1, 0.15) is 5.76 Å². The maximum atomic E-state index is 12.4. The van der Waals surface area contributed by atoms with Gasteiger partial charge >= 0.3 is 0 Å². The van der Waals surface area contributed by atoms with Crippen LogP contribution in [0.2, 0.25) is 0 Å². The molecule has 1 aliphatic rings. The van der Waals surface area contributed by atoms with Crippen LogP contribution in [0.25, 0.3) is 0 Å². The lowest BCUT2D eigenvalue weighted by Crippen LogP contribution is -2.36. The summed E-state index contributed by atoms with van der Waals surface area (Å²) in [6.07, 6.45) is 5.95. The van der Waals surface area contributed by atoms with Crippen molar-refractivity contribution in [1.82, 2.24) is 25.2 Å². The Kier molecular flexibility index (Phi) is 5.22. The van der Waals surface area contributed by atoms with E-state index in [9.17, 15) is 4.79 Å². The van der Waals surface area contributed by atoms with Gasteiger partial charge in [0.15, 0.2) is 0 Å². The van der Waals surface area contributed by atoms with Gasteiger partial charge in [0.05, 0.1) is 29.2 Å². The number of nitrogens with zero attached hydrogens (tertiary/aromatic N) is 4. The molecule has 1 N–H and O–H groups in total. The molecule has 1 unspecified atom stereocenters. The van der Waals surface area contributed by atoms with Crippen LogP contribution in [0.15, 0.2) is 10.7 Å². The molecular weight excluding hydrogens is 318 g/mol. The molecule has 0 saturated carbocycles. The summed E-state index contributed by atoms with van der Waals surface area (Å²) < 4.78 is 5.28. The van der Waals surface area contributed by atoms with Crippen molar-refractivity contribution in [2.24, 2.45) is 0 Å². The number of carbonyl (C=O) groups is 1. The number of rotatable bonds is 5. The monoisotopic (exact) mass is 345 g/mol. The van der Waals surface area contributed by atoms with E-state index in [4.69, 9.17) is 4.52 Å². The number of likely N-dealkylation sites (tertiary alicyclic amines) is 1. The van der Waals surface area contributed by atoms with Gasteiger partial charge in [-0.25, -0.2) is 0 Å². The fraction of sp³-hybridized carbons (Fsp3) is 0.611. The average molecular weight is 345 g/mol. The van der Waals surface area contributed by atoms with E-state index in [1.807, 2.05) is 13.8 Å². The zero-order valence-electron chi connectivity index (χ0n) is 15.5. The number of aromatic nitrogens is 3. The highest BCUT2D eigenvalue weighted by Crippen LogP contribution is 2.32. The Morgan fingerprint density at radius 2 is 2.20 bits per heavy atom. The Morgan fingerprint density at radius 1 is 1.40 bits per heavy atom. The number of hydrogen-bond donors (Lipinski definition) is 1. The molecule has 1 atom stereocenters. The van der Waals surface area contributed by atoms with Gasteiger partial charge in [-0.05, 0) is 39.7 Å². The number of amides is 1. The Labute approximate surface area is 148 Å². The van der Waals surface area contributed by atoms with Crippen molar-refractivity contribution in [2.45, 2.75) is 45.6 Å². The summed E-state index contributed by atoms with van der Waals surface area (Å²) in [5.41, 5.74) is 3.78. The smallest absolute Gasteiger partial charge is 0.256 e. The molecule has 0 aliphatic carbocycles. The van der Waals surface area contributed by atoms with Crippen molar-refractivity contribution in [1.29, 1.82) is 0 Å². The molecule has 1 saturated heterocycles. The third kappa shape index (κ3) is 3.61. The first-order valence-corrected chi connectivity index (χ1v) is 8.89. The van der Waals surface area contributed by atoms with Gasteiger partial charge in [-0.3, -0.25) is 14.8 Å². The zero-order chi connectivity index (χ0) is 18.0. The van der Waals surface area contributed by atoms with Gasteiger partial charge in [0, 0.05) is 26.2 Å². The molecule has 2 aromatic heterocycles. The third-order valence-corrected chi connectivity index (χ3v) is 5.08. The van der Waals surface area contributed by atoms with E-state index in [-0.39, 0.29) is 11.9 Å². The molecule has 2 aromatic rings. The minimum Gasteiger partial charge on any atom is -0.361 e. The van der Waals surface area contributed by atoms with Crippen LogP contribution in [0.3, 0.4) is 0 Å². The Balaban J connectivity index is 1.78. The van der Waals surface area contributed by atoms with Crippen LogP contribution in [0.5, 0.6) is 0 Å². The number of piperidine rings is 1. The summed E-state index contributed by atoms with van der Waals surface area (Å²) in [6.45, 7) is 5.90. The number of aryl methyl sites for hydroxylation is 2. The van der Waals surface area contributed by atoms with Crippen molar-refractivity contribution in [3.63, 3.8) is 0 Å². The zero-order valence-corrected chi connectivity index (χ0v) is 15.5. The maximum absolute atomic E-state index is 12.4. The second-order valence-corrected chi connectivity index (χ2v) is 7.00. The lowest BCUT2D eigenvalue weighted by Gasteiger charge is -2.35. The molecule has 1 aliphatic heterocycles. The van der Waals surface area contributed by atoms with Gasteiger partial charge in [-0.15, -0.1) is 0 Å². The molecule has 7 nitrogen and oxygen atoms in total. The number of aromatic amines is 1. The molecule has 25 heavy (non-hydrogen) atoms. The first-order valence-electron chi connectivity index (χ1n) is 8.89. The van der Waals surface area contributed by atoms with Crippen LogP contribution in [-0.4, -0.2) is 58.2 Å². The molecule has 7 heteroatoms. The van der Waals surface area contributed by atoms with Crippen molar-refractivity contribution in [2.75, 3.05) is 27.2 Å². The molecule has 0 spiro atoms. The van der Waals surface area contributed by atoms with Crippen molar-refractivity contribution in [3.05, 3.63) is 34.5 Å². The van der Waals surface area contributed by atoms with Gasteiger partial charge in [0.2, 0.25) is 0 Å². The van der Waals surface area contributed by atoms with Gasteiger partial charge in [0.25, 0.3) is 5.91 Å². The van der Waals surface area contributed by atoms with Gasteiger partial charge in [-0.2, -0.15) is 5.10 Å². The van der Waals surface area contributed by atoms with Crippen LogP contribution in [0.4, 0.5) is 0 Å². The SMILES string of the molecule is Cc1noc(C)c1CCN1CCCCC1c1[nH]ncc1C(=O)N(C)C. The van der Waals surface area contributed by atoms with E-state index in [0.29, 0.717) is 5.56 Å². The maximum Gasteiger partial charge on any atom is 0.256 e. The fourth-order valence-electron chi connectivity index (χ4n) is 3.66. The number of nitrogens with one attached hydrogen (secondary N) is 1. The average Bonchev–Trinajstić information content (AvgIpc) is 3.20.